The highest BCUT2D eigenvalue weighted by atomic mass is 35.5. The zero-order valence-electron chi connectivity index (χ0n) is 16.8. The van der Waals surface area contributed by atoms with E-state index in [-0.39, 0.29) is 11.9 Å². The Morgan fingerprint density at radius 3 is 2.79 bits per heavy atom. The van der Waals surface area contributed by atoms with Gasteiger partial charge in [0.1, 0.15) is 5.54 Å². The molecule has 2 aromatic rings. The molecule has 0 saturated carbocycles. The molecule has 8 heteroatoms. The molecule has 1 atom stereocenters. The molecular weight excluding hydrogens is 410 g/mol. The number of halogens is 1. The van der Waals surface area contributed by atoms with Gasteiger partial charge >= 0.3 is 6.09 Å². The average Bonchev–Trinajstić information content (AvgIpc) is 3.09. The lowest BCUT2D eigenvalue weighted by atomic mass is 9.97. The Bertz CT molecular complexity index is 870. The predicted octanol–water partition coefficient (Wildman–Crippen LogP) is 4.00. The van der Waals surface area contributed by atoms with Crippen LogP contribution in [0.25, 0.3) is 0 Å². The van der Waals surface area contributed by atoms with Gasteiger partial charge in [0.15, 0.2) is 5.06 Å². The largest absolute Gasteiger partial charge is 0.414 e. The smallest absolute Gasteiger partial charge is 0.399 e. The van der Waals surface area contributed by atoms with Crippen LogP contribution in [0.5, 0.6) is 5.06 Å². The summed E-state index contributed by atoms with van der Waals surface area (Å²) in [6.45, 7) is 7.87. The van der Waals surface area contributed by atoms with E-state index in [0.717, 1.165) is 35.7 Å². The molecule has 1 aromatic carbocycles. The molecule has 1 aromatic heterocycles. The van der Waals surface area contributed by atoms with E-state index in [9.17, 15) is 9.59 Å². The summed E-state index contributed by atoms with van der Waals surface area (Å²) in [5, 5.41) is 8.77. The number of fused-ring (bicyclic) bond motifs is 1. The second-order valence-corrected chi connectivity index (χ2v) is 8.87. The van der Waals surface area contributed by atoms with E-state index in [1.807, 2.05) is 23.6 Å². The molecule has 156 valence electrons. The van der Waals surface area contributed by atoms with Crippen molar-refractivity contribution in [3.63, 3.8) is 0 Å². The van der Waals surface area contributed by atoms with Gasteiger partial charge in [-0.2, -0.15) is 0 Å². The SMILES string of the molecule is CCN1CCc2c(Cl)cccc2C(NC(=O)C(C)(C)NC(=O)Oc2cccs2)C1. The number of amides is 2. The Morgan fingerprint density at radius 1 is 1.31 bits per heavy atom. The molecule has 2 N–H and O–H groups in total. The van der Waals surface area contributed by atoms with Gasteiger partial charge in [-0.15, -0.1) is 11.3 Å². The van der Waals surface area contributed by atoms with Crippen LogP contribution < -0.4 is 15.4 Å². The third kappa shape index (κ3) is 5.29. The molecule has 0 saturated heterocycles. The van der Waals surface area contributed by atoms with E-state index >= 15 is 0 Å². The summed E-state index contributed by atoms with van der Waals surface area (Å²) in [5.41, 5.74) is 0.952. The minimum absolute atomic E-state index is 0.215. The topological polar surface area (TPSA) is 70.7 Å². The van der Waals surface area contributed by atoms with Gasteiger partial charge in [-0.1, -0.05) is 30.7 Å². The molecular formula is C21H26ClN3O3S. The molecule has 0 fully saturated rings. The molecule has 1 aliphatic rings. The predicted molar refractivity (Wildman–Crippen MR) is 116 cm³/mol. The molecule has 29 heavy (non-hydrogen) atoms. The number of benzene rings is 1. The van der Waals surface area contributed by atoms with E-state index in [1.54, 1.807) is 26.0 Å². The van der Waals surface area contributed by atoms with Gasteiger partial charge in [-0.3, -0.25) is 4.79 Å². The summed E-state index contributed by atoms with van der Waals surface area (Å²) in [5.74, 6) is -0.283. The third-order valence-electron chi connectivity index (χ3n) is 5.07. The maximum absolute atomic E-state index is 13.0. The van der Waals surface area contributed by atoms with Gasteiger partial charge in [-0.05, 0) is 61.5 Å². The Kier molecular flexibility index (Phi) is 6.82. The lowest BCUT2D eigenvalue weighted by Gasteiger charge is -2.30. The highest BCUT2D eigenvalue weighted by Crippen LogP contribution is 2.29. The summed E-state index contributed by atoms with van der Waals surface area (Å²) in [6, 6.07) is 9.07. The van der Waals surface area contributed by atoms with E-state index in [4.69, 9.17) is 16.3 Å². The Balaban J connectivity index is 1.73. The number of rotatable bonds is 5. The fourth-order valence-corrected chi connectivity index (χ4v) is 4.23. The zero-order chi connectivity index (χ0) is 21.0. The summed E-state index contributed by atoms with van der Waals surface area (Å²) in [6.07, 6.45) is 0.177. The second kappa shape index (κ2) is 9.15. The van der Waals surface area contributed by atoms with Crippen molar-refractivity contribution in [1.82, 2.24) is 15.5 Å². The van der Waals surface area contributed by atoms with Crippen molar-refractivity contribution in [1.29, 1.82) is 0 Å². The molecule has 6 nitrogen and oxygen atoms in total. The lowest BCUT2D eigenvalue weighted by Crippen LogP contribution is -2.56. The number of nitrogens with zero attached hydrogens (tertiary/aromatic N) is 1. The van der Waals surface area contributed by atoms with Crippen molar-refractivity contribution in [3.05, 3.63) is 51.9 Å². The van der Waals surface area contributed by atoms with E-state index in [0.29, 0.717) is 11.6 Å². The van der Waals surface area contributed by atoms with Crippen LogP contribution in [-0.4, -0.2) is 42.1 Å². The first-order chi connectivity index (χ1) is 13.8. The van der Waals surface area contributed by atoms with Gasteiger partial charge in [0, 0.05) is 18.1 Å². The monoisotopic (exact) mass is 435 g/mol. The zero-order valence-corrected chi connectivity index (χ0v) is 18.4. The number of carbonyl (C=O) groups is 2. The van der Waals surface area contributed by atoms with Gasteiger partial charge < -0.3 is 20.3 Å². The molecule has 1 unspecified atom stereocenters. The van der Waals surface area contributed by atoms with Crippen LogP contribution in [0.15, 0.2) is 35.7 Å². The highest BCUT2D eigenvalue weighted by molar-refractivity contribution is 7.11. The van der Waals surface area contributed by atoms with Crippen LogP contribution >= 0.6 is 22.9 Å². The molecule has 3 rings (SSSR count). The standard InChI is InChI=1S/C21H26ClN3O3S/c1-4-25-11-10-14-15(7-5-8-16(14)22)17(13-25)23-19(26)21(2,3)24-20(27)28-18-9-6-12-29-18/h5-9,12,17H,4,10-11,13H2,1-3H3,(H,23,26)(H,24,27). The van der Waals surface area contributed by atoms with Gasteiger partial charge in [0.2, 0.25) is 5.91 Å². The van der Waals surface area contributed by atoms with Gasteiger partial charge in [0.25, 0.3) is 0 Å². The fourth-order valence-electron chi connectivity index (χ4n) is 3.38. The van der Waals surface area contributed by atoms with Crippen LogP contribution in [0.1, 0.15) is 37.9 Å². The molecule has 1 aliphatic heterocycles. The van der Waals surface area contributed by atoms with E-state index in [1.165, 1.54) is 11.3 Å². The Hall–Kier alpha value is -2.09. The van der Waals surface area contributed by atoms with Crippen LogP contribution in [0.3, 0.4) is 0 Å². The van der Waals surface area contributed by atoms with Crippen molar-refractivity contribution < 1.29 is 14.3 Å². The summed E-state index contributed by atoms with van der Waals surface area (Å²) < 4.78 is 5.22. The summed E-state index contributed by atoms with van der Waals surface area (Å²) in [7, 11) is 0. The second-order valence-electron chi connectivity index (χ2n) is 7.55. The van der Waals surface area contributed by atoms with E-state index in [2.05, 4.69) is 22.5 Å². The van der Waals surface area contributed by atoms with Gasteiger partial charge in [0.05, 0.1) is 6.04 Å². The maximum Gasteiger partial charge on any atom is 0.414 e. The molecule has 2 amide bonds. The number of carbonyl (C=O) groups excluding carboxylic acids is 2. The van der Waals surface area contributed by atoms with Crippen LogP contribution in [0, 0.1) is 0 Å². The summed E-state index contributed by atoms with van der Waals surface area (Å²) >= 11 is 7.74. The van der Waals surface area contributed by atoms with Crippen molar-refractivity contribution in [2.45, 2.75) is 38.8 Å². The first-order valence-electron chi connectivity index (χ1n) is 9.64. The molecule has 0 aliphatic carbocycles. The first-order valence-corrected chi connectivity index (χ1v) is 10.9. The molecule has 0 bridgehead atoms. The lowest BCUT2D eigenvalue weighted by molar-refractivity contribution is -0.127. The number of hydrogen-bond donors (Lipinski definition) is 2. The minimum atomic E-state index is -1.14. The average molecular weight is 436 g/mol. The highest BCUT2D eigenvalue weighted by Gasteiger charge is 2.34. The maximum atomic E-state index is 13.0. The minimum Gasteiger partial charge on any atom is -0.399 e. The van der Waals surface area contributed by atoms with E-state index < -0.39 is 11.6 Å². The Morgan fingerprint density at radius 2 is 2.10 bits per heavy atom. The number of thiophene rings is 1. The van der Waals surface area contributed by atoms with Crippen LogP contribution in [-0.2, 0) is 11.2 Å². The number of nitrogens with one attached hydrogen (secondary N) is 2. The van der Waals surface area contributed by atoms with Crippen molar-refractivity contribution in [3.8, 4) is 5.06 Å². The van der Waals surface area contributed by atoms with Gasteiger partial charge in [-0.25, -0.2) is 4.79 Å². The Labute approximate surface area is 180 Å². The van der Waals surface area contributed by atoms with Crippen molar-refractivity contribution in [2.24, 2.45) is 0 Å². The fraction of sp³-hybridized carbons (Fsp3) is 0.429. The van der Waals surface area contributed by atoms with Crippen LogP contribution in [0.2, 0.25) is 5.02 Å². The van der Waals surface area contributed by atoms with Crippen molar-refractivity contribution in [2.75, 3.05) is 19.6 Å². The van der Waals surface area contributed by atoms with Crippen LogP contribution in [0.4, 0.5) is 4.79 Å². The number of likely N-dealkylation sites (N-methyl/N-ethyl adjacent to an activating group) is 1. The number of ether oxygens (including phenoxy) is 1. The van der Waals surface area contributed by atoms with Crippen molar-refractivity contribution >= 4 is 34.9 Å². The first kappa shape index (κ1) is 21.6. The quantitative estimate of drug-likeness (QED) is 0.744. The molecule has 2 heterocycles. The molecule has 0 radical (unpaired) electrons. The summed E-state index contributed by atoms with van der Waals surface area (Å²) in [4.78, 5) is 27.5. The number of hydrogen-bond acceptors (Lipinski definition) is 5. The third-order valence-corrected chi connectivity index (χ3v) is 6.17. The normalized spacial score (nSPS) is 17.2. The molecule has 0 spiro atoms.